The van der Waals surface area contributed by atoms with Gasteiger partial charge in [-0.05, 0) is 57.3 Å². The van der Waals surface area contributed by atoms with Crippen molar-refractivity contribution in [2.24, 2.45) is 17.3 Å². The predicted octanol–water partition coefficient (Wildman–Crippen LogP) is 2.82. The summed E-state index contributed by atoms with van der Waals surface area (Å²) in [5, 5.41) is 4.39. The Labute approximate surface area is 200 Å². The van der Waals surface area contributed by atoms with Gasteiger partial charge >= 0.3 is 45.2 Å². The zero-order valence-electron chi connectivity index (χ0n) is 18.6. The van der Waals surface area contributed by atoms with Crippen LogP contribution in [0.25, 0.3) is 0 Å². The van der Waals surface area contributed by atoms with Crippen LogP contribution < -0.4 is 0 Å². The fourth-order valence-electron chi connectivity index (χ4n) is 5.77. The Balaban J connectivity index is 1.98. The molecule has 4 bridgehead atoms. The highest BCUT2D eigenvalue weighted by Crippen LogP contribution is 2.62. The van der Waals surface area contributed by atoms with Crippen LogP contribution in [-0.4, -0.2) is 72.0 Å². The Bertz CT molecular complexity index is 999. The van der Waals surface area contributed by atoms with Crippen LogP contribution in [0.5, 0.6) is 0 Å². The summed E-state index contributed by atoms with van der Waals surface area (Å²) in [6.45, 7) is -2.95. The average Bonchev–Trinajstić information content (AvgIpc) is 2.67. The summed E-state index contributed by atoms with van der Waals surface area (Å²) in [6.07, 6.45) is -5.48. The molecule has 0 amide bonds. The van der Waals surface area contributed by atoms with E-state index in [9.17, 15) is 53.8 Å². The third kappa shape index (κ3) is 4.67. The van der Waals surface area contributed by atoms with E-state index in [1.54, 1.807) is 0 Å². The van der Waals surface area contributed by atoms with Gasteiger partial charge in [-0.1, -0.05) is 0 Å². The Morgan fingerprint density at radius 1 is 1.00 bits per heavy atom. The molecule has 3 unspecified atom stereocenters. The van der Waals surface area contributed by atoms with Crippen molar-refractivity contribution in [2.45, 2.75) is 74.2 Å². The first kappa shape index (κ1) is 28.8. The molecule has 4 aliphatic carbocycles. The van der Waals surface area contributed by atoms with Gasteiger partial charge in [0, 0.05) is 0 Å². The van der Waals surface area contributed by atoms with E-state index >= 15 is 0 Å². The van der Waals surface area contributed by atoms with E-state index in [-0.39, 0.29) is 43.9 Å². The van der Waals surface area contributed by atoms with Crippen LogP contribution in [0.1, 0.15) is 45.4 Å². The number of rotatable bonds is 9. The van der Waals surface area contributed by atoms with Gasteiger partial charge in [-0.2, -0.15) is 39.2 Å². The standard InChI is InChI=1S/C19H23F7O9S/c1-2-33-13(28)17(18(22,23)24,34-9-16(20,21)19(25,26)36(30,31)32)35-12(27)14-4-10-3-11(5-14)7-15(29,6-10)8-14/h10-11,29H,2-9H2,1H3,(H,30,31,32). The summed E-state index contributed by atoms with van der Waals surface area (Å²) in [5.74, 6) is -15.9. The molecule has 4 rings (SSSR count). The molecule has 0 aromatic heterocycles. The summed E-state index contributed by atoms with van der Waals surface area (Å²) < 4.78 is 139. The molecule has 208 valence electrons. The molecule has 4 saturated carbocycles. The van der Waals surface area contributed by atoms with Crippen LogP contribution in [0.4, 0.5) is 30.7 Å². The maximum atomic E-state index is 14.1. The number of aliphatic hydroxyl groups is 1. The third-order valence-electron chi connectivity index (χ3n) is 6.82. The zero-order valence-corrected chi connectivity index (χ0v) is 19.4. The van der Waals surface area contributed by atoms with E-state index in [0.29, 0.717) is 6.42 Å². The fraction of sp³-hybridized carbons (Fsp3) is 0.895. The maximum Gasteiger partial charge on any atom is 0.468 e. The monoisotopic (exact) mass is 560 g/mol. The molecule has 0 aromatic carbocycles. The second-order valence-corrected chi connectivity index (χ2v) is 11.1. The smallest absolute Gasteiger partial charge is 0.461 e. The second-order valence-electron chi connectivity index (χ2n) is 9.67. The van der Waals surface area contributed by atoms with Crippen LogP contribution in [0.15, 0.2) is 0 Å². The molecule has 0 saturated heterocycles. The van der Waals surface area contributed by atoms with Crippen LogP contribution in [-0.2, 0) is 33.9 Å². The van der Waals surface area contributed by atoms with Crippen LogP contribution in [0.3, 0.4) is 0 Å². The van der Waals surface area contributed by atoms with E-state index in [1.807, 2.05) is 0 Å². The van der Waals surface area contributed by atoms with Crippen LogP contribution in [0.2, 0.25) is 0 Å². The van der Waals surface area contributed by atoms with E-state index in [2.05, 4.69) is 14.2 Å². The quantitative estimate of drug-likeness (QED) is 0.189. The van der Waals surface area contributed by atoms with Crippen molar-refractivity contribution in [3.05, 3.63) is 0 Å². The number of hydrogen-bond donors (Lipinski definition) is 2. The van der Waals surface area contributed by atoms with Crippen molar-refractivity contribution >= 4 is 22.1 Å². The van der Waals surface area contributed by atoms with Crippen molar-refractivity contribution < 1.29 is 72.6 Å². The molecule has 36 heavy (non-hydrogen) atoms. The largest absolute Gasteiger partial charge is 0.468 e. The third-order valence-corrected chi connectivity index (χ3v) is 7.77. The fourth-order valence-corrected chi connectivity index (χ4v) is 6.20. The summed E-state index contributed by atoms with van der Waals surface area (Å²) >= 11 is 0. The molecule has 0 aromatic rings. The Kier molecular flexibility index (Phi) is 6.94. The summed E-state index contributed by atoms with van der Waals surface area (Å²) in [5.41, 5.74) is -3.15. The number of halogens is 7. The highest BCUT2D eigenvalue weighted by molar-refractivity contribution is 7.87. The number of hydrogen-bond acceptors (Lipinski definition) is 8. The first-order valence-corrected chi connectivity index (χ1v) is 12.1. The molecule has 4 aliphatic rings. The number of ether oxygens (including phenoxy) is 3. The average molecular weight is 560 g/mol. The predicted molar refractivity (Wildman–Crippen MR) is 101 cm³/mol. The minimum atomic E-state index is -6.85. The van der Waals surface area contributed by atoms with Gasteiger partial charge in [0.25, 0.3) is 0 Å². The van der Waals surface area contributed by atoms with Gasteiger partial charge in [-0.3, -0.25) is 9.35 Å². The summed E-state index contributed by atoms with van der Waals surface area (Å²) in [6, 6.07) is 0. The molecule has 3 atom stereocenters. The minimum Gasteiger partial charge on any atom is -0.461 e. The van der Waals surface area contributed by atoms with Gasteiger partial charge in [0.2, 0.25) is 0 Å². The molecule has 17 heteroatoms. The molecule has 0 heterocycles. The second kappa shape index (κ2) is 8.66. The van der Waals surface area contributed by atoms with Gasteiger partial charge in [0.15, 0.2) is 0 Å². The van der Waals surface area contributed by atoms with Crippen molar-refractivity contribution in [1.29, 1.82) is 0 Å². The first-order chi connectivity index (χ1) is 16.1. The van der Waals surface area contributed by atoms with Crippen molar-refractivity contribution in [1.82, 2.24) is 0 Å². The molecule has 2 N–H and O–H groups in total. The van der Waals surface area contributed by atoms with E-state index < -0.39 is 69.4 Å². The lowest BCUT2D eigenvalue weighted by Gasteiger charge is -2.59. The lowest BCUT2D eigenvalue weighted by atomic mass is 9.48. The van der Waals surface area contributed by atoms with Gasteiger partial charge in [-0.15, -0.1) is 0 Å². The number of carbonyl (C=O) groups excluding carboxylic acids is 2. The van der Waals surface area contributed by atoms with Gasteiger partial charge in [0.1, 0.15) is 6.61 Å². The lowest BCUT2D eigenvalue weighted by Crippen LogP contribution is -2.64. The van der Waals surface area contributed by atoms with Crippen molar-refractivity contribution in [2.75, 3.05) is 13.2 Å². The Morgan fingerprint density at radius 3 is 1.94 bits per heavy atom. The highest BCUT2D eigenvalue weighted by atomic mass is 32.2. The van der Waals surface area contributed by atoms with Gasteiger partial charge in [-0.25, -0.2) is 4.79 Å². The van der Waals surface area contributed by atoms with E-state index in [1.165, 1.54) is 0 Å². The SMILES string of the molecule is CCOC(=O)C(OCC(F)(F)C(F)(F)S(=O)(=O)O)(OC(=O)C12CC3CC(CC(O)(C3)C1)C2)C(F)(F)F. The maximum absolute atomic E-state index is 14.1. The van der Waals surface area contributed by atoms with E-state index in [0.717, 1.165) is 6.92 Å². The van der Waals surface area contributed by atoms with Crippen molar-refractivity contribution in [3.8, 4) is 0 Å². The molecular formula is C19H23F7O9S. The summed E-state index contributed by atoms with van der Waals surface area (Å²) in [4.78, 5) is 25.4. The minimum absolute atomic E-state index is 0.0433. The molecule has 0 spiro atoms. The van der Waals surface area contributed by atoms with Gasteiger partial charge < -0.3 is 19.3 Å². The molecule has 4 fully saturated rings. The number of alkyl halides is 7. The molecular weight excluding hydrogens is 537 g/mol. The topological polar surface area (TPSA) is 136 Å². The Morgan fingerprint density at radius 2 is 1.53 bits per heavy atom. The molecule has 9 nitrogen and oxygen atoms in total. The first-order valence-electron chi connectivity index (χ1n) is 10.7. The van der Waals surface area contributed by atoms with Crippen molar-refractivity contribution in [3.63, 3.8) is 0 Å². The summed E-state index contributed by atoms with van der Waals surface area (Å²) in [7, 11) is -6.85. The lowest BCUT2D eigenvalue weighted by molar-refractivity contribution is -0.372. The normalized spacial score (nSPS) is 32.2. The Hall–Kier alpha value is -1.72. The van der Waals surface area contributed by atoms with Crippen LogP contribution in [0, 0.1) is 17.3 Å². The highest BCUT2D eigenvalue weighted by Gasteiger charge is 2.73. The van der Waals surface area contributed by atoms with Gasteiger partial charge in [0.05, 0.1) is 17.6 Å². The number of esters is 2. The zero-order chi connectivity index (χ0) is 27.6. The van der Waals surface area contributed by atoms with Crippen LogP contribution >= 0.6 is 0 Å². The molecule has 0 aliphatic heterocycles. The number of carbonyl (C=O) groups is 2. The molecule has 0 radical (unpaired) electrons. The van der Waals surface area contributed by atoms with E-state index in [4.69, 9.17) is 4.55 Å².